The van der Waals surface area contributed by atoms with Crippen LogP contribution in [-0.2, 0) is 6.42 Å². The summed E-state index contributed by atoms with van der Waals surface area (Å²) in [4.78, 5) is 8.38. The lowest BCUT2D eigenvalue weighted by Crippen LogP contribution is -2.02. The molecule has 1 aromatic heterocycles. The second-order valence-corrected chi connectivity index (χ2v) is 4.25. The number of halogens is 2. The van der Waals surface area contributed by atoms with Crippen molar-refractivity contribution in [3.8, 4) is 11.3 Å². The fourth-order valence-corrected chi connectivity index (χ4v) is 2.12. The van der Waals surface area contributed by atoms with Crippen LogP contribution in [0, 0.1) is 5.82 Å². The first-order valence-electron chi connectivity index (χ1n) is 5.63. The maximum absolute atomic E-state index is 13.4. The van der Waals surface area contributed by atoms with E-state index >= 15 is 0 Å². The van der Waals surface area contributed by atoms with Crippen LogP contribution in [0.3, 0.4) is 0 Å². The van der Waals surface area contributed by atoms with E-state index in [1.54, 1.807) is 13.1 Å². The van der Waals surface area contributed by atoms with E-state index < -0.39 is 0 Å². The van der Waals surface area contributed by atoms with Crippen LogP contribution in [0.2, 0.25) is 5.02 Å². The van der Waals surface area contributed by atoms with Crippen molar-refractivity contribution in [1.29, 1.82) is 0 Å². The number of nitrogens with zero attached hydrogens (tertiary/aromatic N) is 2. The molecule has 0 atom stereocenters. The molecule has 94 valence electrons. The van der Waals surface area contributed by atoms with Crippen LogP contribution in [0.5, 0.6) is 0 Å². The van der Waals surface area contributed by atoms with Crippen molar-refractivity contribution in [1.82, 2.24) is 9.97 Å². The van der Waals surface area contributed by atoms with E-state index in [0.717, 1.165) is 17.8 Å². The molecule has 18 heavy (non-hydrogen) atoms. The summed E-state index contributed by atoms with van der Waals surface area (Å²) in [5.74, 6) is 0.382. The highest BCUT2D eigenvalue weighted by molar-refractivity contribution is 6.30. The predicted molar refractivity (Wildman–Crippen MR) is 71.4 cm³/mol. The highest BCUT2D eigenvalue weighted by atomic mass is 35.5. The lowest BCUT2D eigenvalue weighted by Gasteiger charge is -2.11. The van der Waals surface area contributed by atoms with Gasteiger partial charge in [-0.05, 0) is 24.6 Å². The number of aromatic nitrogens is 2. The Kier molecular flexibility index (Phi) is 3.77. The van der Waals surface area contributed by atoms with Crippen molar-refractivity contribution in [2.24, 2.45) is 0 Å². The molecule has 0 saturated heterocycles. The van der Waals surface area contributed by atoms with E-state index in [9.17, 15) is 4.39 Å². The molecular formula is C13H13ClFN3. The van der Waals surface area contributed by atoms with Crippen molar-refractivity contribution in [3.63, 3.8) is 0 Å². The minimum Gasteiger partial charge on any atom is -0.373 e. The standard InChI is InChI=1S/C13H13ClFN3/c1-3-11-12(17-7-18-13(11)16-2)8-4-9(14)6-10(15)5-8/h4-7H,3H2,1-2H3,(H,16,17,18). The fourth-order valence-electron chi connectivity index (χ4n) is 1.90. The summed E-state index contributed by atoms with van der Waals surface area (Å²) in [5, 5.41) is 3.37. The Labute approximate surface area is 110 Å². The molecule has 0 bridgehead atoms. The summed E-state index contributed by atoms with van der Waals surface area (Å²) in [7, 11) is 1.80. The van der Waals surface area contributed by atoms with Crippen molar-refractivity contribution in [2.45, 2.75) is 13.3 Å². The number of nitrogens with one attached hydrogen (secondary N) is 1. The molecule has 1 N–H and O–H groups in total. The second-order valence-electron chi connectivity index (χ2n) is 3.81. The van der Waals surface area contributed by atoms with Crippen LogP contribution < -0.4 is 5.32 Å². The quantitative estimate of drug-likeness (QED) is 0.922. The monoisotopic (exact) mass is 265 g/mol. The molecule has 1 heterocycles. The first-order chi connectivity index (χ1) is 8.65. The maximum atomic E-state index is 13.4. The van der Waals surface area contributed by atoms with E-state index in [-0.39, 0.29) is 5.82 Å². The molecule has 2 rings (SSSR count). The van der Waals surface area contributed by atoms with Crippen LogP contribution in [0.1, 0.15) is 12.5 Å². The zero-order chi connectivity index (χ0) is 13.1. The van der Waals surface area contributed by atoms with Crippen LogP contribution in [0.15, 0.2) is 24.5 Å². The molecule has 5 heteroatoms. The summed E-state index contributed by atoms with van der Waals surface area (Å²) in [6.07, 6.45) is 2.21. The first-order valence-corrected chi connectivity index (χ1v) is 6.01. The van der Waals surface area contributed by atoms with Crippen molar-refractivity contribution in [2.75, 3.05) is 12.4 Å². The Balaban J connectivity index is 2.63. The second kappa shape index (κ2) is 5.31. The molecule has 0 aliphatic carbocycles. The van der Waals surface area contributed by atoms with Gasteiger partial charge in [0.15, 0.2) is 0 Å². The van der Waals surface area contributed by atoms with Gasteiger partial charge in [0, 0.05) is 23.2 Å². The van der Waals surface area contributed by atoms with Crippen molar-refractivity contribution in [3.05, 3.63) is 40.9 Å². The Morgan fingerprint density at radius 1 is 1.28 bits per heavy atom. The Hall–Kier alpha value is -1.68. The largest absolute Gasteiger partial charge is 0.373 e. The van der Waals surface area contributed by atoms with Gasteiger partial charge in [-0.15, -0.1) is 0 Å². The smallest absolute Gasteiger partial charge is 0.132 e. The molecule has 0 radical (unpaired) electrons. The van der Waals surface area contributed by atoms with Crippen LogP contribution in [0.25, 0.3) is 11.3 Å². The van der Waals surface area contributed by atoms with Gasteiger partial charge in [0.25, 0.3) is 0 Å². The molecule has 0 amide bonds. The lowest BCUT2D eigenvalue weighted by molar-refractivity contribution is 0.628. The van der Waals surface area contributed by atoms with Gasteiger partial charge in [-0.25, -0.2) is 14.4 Å². The molecule has 3 nitrogen and oxygen atoms in total. The number of benzene rings is 1. The number of hydrogen-bond acceptors (Lipinski definition) is 3. The van der Waals surface area contributed by atoms with E-state index in [4.69, 9.17) is 11.6 Å². The van der Waals surface area contributed by atoms with Crippen LogP contribution >= 0.6 is 11.6 Å². The number of hydrogen-bond donors (Lipinski definition) is 1. The summed E-state index contributed by atoms with van der Waals surface area (Å²) in [5.41, 5.74) is 2.32. The highest BCUT2D eigenvalue weighted by Crippen LogP contribution is 2.28. The van der Waals surface area contributed by atoms with Gasteiger partial charge < -0.3 is 5.32 Å². The van der Waals surface area contributed by atoms with Gasteiger partial charge in [0.2, 0.25) is 0 Å². The molecule has 0 spiro atoms. The minimum absolute atomic E-state index is 0.358. The average Bonchev–Trinajstić information content (AvgIpc) is 2.36. The third kappa shape index (κ3) is 2.43. The summed E-state index contributed by atoms with van der Waals surface area (Å²) in [6.45, 7) is 2.00. The Morgan fingerprint density at radius 3 is 2.67 bits per heavy atom. The van der Waals surface area contributed by atoms with Crippen LogP contribution in [-0.4, -0.2) is 17.0 Å². The van der Waals surface area contributed by atoms with Crippen molar-refractivity contribution >= 4 is 17.4 Å². The van der Waals surface area contributed by atoms with Gasteiger partial charge in [-0.3, -0.25) is 0 Å². The Bertz CT molecular complexity index is 552. The van der Waals surface area contributed by atoms with E-state index in [2.05, 4.69) is 15.3 Å². The summed E-state index contributed by atoms with van der Waals surface area (Å²) in [6, 6.07) is 4.40. The summed E-state index contributed by atoms with van der Waals surface area (Å²) >= 11 is 5.87. The third-order valence-corrected chi connectivity index (χ3v) is 2.89. The molecule has 2 aromatic rings. The minimum atomic E-state index is -0.371. The van der Waals surface area contributed by atoms with Crippen molar-refractivity contribution < 1.29 is 4.39 Å². The first kappa shape index (κ1) is 12.8. The molecule has 0 fully saturated rings. The van der Waals surface area contributed by atoms with Gasteiger partial charge >= 0.3 is 0 Å². The van der Waals surface area contributed by atoms with Gasteiger partial charge in [-0.2, -0.15) is 0 Å². The number of anilines is 1. The Morgan fingerprint density at radius 2 is 2.06 bits per heavy atom. The molecule has 0 aliphatic rings. The van der Waals surface area contributed by atoms with Gasteiger partial charge in [0.1, 0.15) is 18.0 Å². The number of rotatable bonds is 3. The molecule has 0 saturated carbocycles. The van der Waals surface area contributed by atoms with Gasteiger partial charge in [-0.1, -0.05) is 18.5 Å². The molecule has 1 aromatic carbocycles. The fraction of sp³-hybridized carbons (Fsp3) is 0.231. The predicted octanol–water partition coefficient (Wildman–Crippen LogP) is 3.54. The third-order valence-electron chi connectivity index (χ3n) is 2.67. The SMILES string of the molecule is CCc1c(NC)ncnc1-c1cc(F)cc(Cl)c1. The molecular weight excluding hydrogens is 253 g/mol. The van der Waals surface area contributed by atoms with E-state index in [1.807, 2.05) is 6.92 Å². The topological polar surface area (TPSA) is 37.8 Å². The van der Waals surface area contributed by atoms with E-state index in [1.165, 1.54) is 18.5 Å². The summed E-state index contributed by atoms with van der Waals surface area (Å²) < 4.78 is 13.4. The zero-order valence-electron chi connectivity index (χ0n) is 10.2. The van der Waals surface area contributed by atoms with Crippen LogP contribution in [0.4, 0.5) is 10.2 Å². The average molecular weight is 266 g/mol. The highest BCUT2D eigenvalue weighted by Gasteiger charge is 2.12. The maximum Gasteiger partial charge on any atom is 0.132 e. The zero-order valence-corrected chi connectivity index (χ0v) is 10.9. The van der Waals surface area contributed by atoms with E-state index in [0.29, 0.717) is 16.3 Å². The normalized spacial score (nSPS) is 10.4. The molecule has 0 unspecified atom stereocenters. The molecule has 0 aliphatic heterocycles. The van der Waals surface area contributed by atoms with Gasteiger partial charge in [0.05, 0.1) is 5.69 Å². The lowest BCUT2D eigenvalue weighted by atomic mass is 10.0.